The number of aliphatic hydroxyl groups is 1. The monoisotopic (exact) mass is 345 g/mol. The van der Waals surface area contributed by atoms with E-state index in [1.54, 1.807) is 6.92 Å². The molecule has 0 aliphatic carbocycles. The first-order chi connectivity index (χ1) is 10.1. The average molecular weight is 346 g/mol. The van der Waals surface area contributed by atoms with Gasteiger partial charge in [-0.05, 0) is 36.6 Å². The van der Waals surface area contributed by atoms with Gasteiger partial charge >= 0.3 is 0 Å². The van der Waals surface area contributed by atoms with Crippen molar-refractivity contribution in [2.24, 2.45) is 0 Å². The maximum absolute atomic E-state index is 9.71. The molecular formula is C18H20BrNO. The van der Waals surface area contributed by atoms with Gasteiger partial charge in [-0.15, -0.1) is 0 Å². The lowest BCUT2D eigenvalue weighted by Crippen LogP contribution is -2.19. The lowest BCUT2D eigenvalue weighted by atomic mass is 9.99. The van der Waals surface area contributed by atoms with Crippen LogP contribution in [0.4, 0.5) is 5.69 Å². The molecule has 1 saturated heterocycles. The Morgan fingerprint density at radius 3 is 2.62 bits per heavy atom. The third kappa shape index (κ3) is 3.14. The van der Waals surface area contributed by atoms with Crippen LogP contribution in [0.2, 0.25) is 0 Å². The fourth-order valence-electron chi connectivity index (χ4n) is 3.04. The Kier molecular flexibility index (Phi) is 4.32. The van der Waals surface area contributed by atoms with Crippen molar-refractivity contribution in [2.75, 3.05) is 18.0 Å². The van der Waals surface area contributed by atoms with E-state index in [0.717, 1.165) is 23.1 Å². The Bertz CT molecular complexity index is 612. The van der Waals surface area contributed by atoms with E-state index in [2.05, 4.69) is 63.3 Å². The lowest BCUT2D eigenvalue weighted by Gasteiger charge is -2.20. The Morgan fingerprint density at radius 1 is 1.19 bits per heavy atom. The predicted molar refractivity (Wildman–Crippen MR) is 90.8 cm³/mol. The van der Waals surface area contributed by atoms with Crippen LogP contribution in [0.5, 0.6) is 0 Å². The molecule has 0 saturated carbocycles. The maximum atomic E-state index is 9.71. The summed E-state index contributed by atoms with van der Waals surface area (Å²) >= 11 is 3.57. The Morgan fingerprint density at radius 2 is 1.95 bits per heavy atom. The molecule has 1 aliphatic rings. The topological polar surface area (TPSA) is 23.5 Å². The molecule has 1 aliphatic heterocycles. The van der Waals surface area contributed by atoms with Crippen LogP contribution in [0, 0.1) is 0 Å². The van der Waals surface area contributed by atoms with Crippen LogP contribution in [0.1, 0.15) is 36.5 Å². The van der Waals surface area contributed by atoms with Crippen molar-refractivity contribution < 1.29 is 5.11 Å². The van der Waals surface area contributed by atoms with Crippen molar-refractivity contribution in [1.82, 2.24) is 0 Å². The van der Waals surface area contributed by atoms with Crippen LogP contribution >= 0.6 is 15.9 Å². The zero-order chi connectivity index (χ0) is 14.8. The number of benzene rings is 2. The minimum atomic E-state index is -0.441. The van der Waals surface area contributed by atoms with E-state index in [1.807, 2.05) is 6.07 Å². The molecular weight excluding hydrogens is 326 g/mol. The minimum Gasteiger partial charge on any atom is -0.389 e. The molecule has 0 spiro atoms. The lowest BCUT2D eigenvalue weighted by molar-refractivity contribution is 0.198. The van der Waals surface area contributed by atoms with E-state index in [1.165, 1.54) is 17.7 Å². The summed E-state index contributed by atoms with van der Waals surface area (Å²) in [4.78, 5) is 2.42. The Labute approximate surface area is 134 Å². The van der Waals surface area contributed by atoms with E-state index in [0.29, 0.717) is 5.92 Å². The molecule has 2 aromatic carbocycles. The van der Waals surface area contributed by atoms with Crippen LogP contribution < -0.4 is 4.90 Å². The van der Waals surface area contributed by atoms with Crippen molar-refractivity contribution >= 4 is 21.6 Å². The number of hydrogen-bond donors (Lipinski definition) is 1. The van der Waals surface area contributed by atoms with E-state index in [-0.39, 0.29) is 0 Å². The van der Waals surface area contributed by atoms with Gasteiger partial charge in [0.15, 0.2) is 0 Å². The summed E-state index contributed by atoms with van der Waals surface area (Å²) in [5.74, 6) is 0.612. The van der Waals surface area contributed by atoms with Gasteiger partial charge < -0.3 is 10.0 Å². The molecule has 3 heteroatoms. The highest BCUT2D eigenvalue weighted by molar-refractivity contribution is 9.10. The Balaban J connectivity index is 1.76. The van der Waals surface area contributed by atoms with Crippen molar-refractivity contribution in [3.05, 3.63) is 64.1 Å². The van der Waals surface area contributed by atoms with Crippen LogP contribution in [-0.2, 0) is 0 Å². The number of nitrogens with zero attached hydrogens (tertiary/aromatic N) is 1. The fourth-order valence-corrected chi connectivity index (χ4v) is 3.74. The second kappa shape index (κ2) is 6.20. The average Bonchev–Trinajstić information content (AvgIpc) is 2.97. The summed E-state index contributed by atoms with van der Waals surface area (Å²) in [6, 6.07) is 17.0. The van der Waals surface area contributed by atoms with Gasteiger partial charge in [-0.25, -0.2) is 0 Å². The molecule has 0 amide bonds. The first kappa shape index (κ1) is 14.6. The number of rotatable bonds is 3. The molecule has 3 rings (SSSR count). The minimum absolute atomic E-state index is 0.441. The summed E-state index contributed by atoms with van der Waals surface area (Å²) in [6.07, 6.45) is 0.754. The summed E-state index contributed by atoms with van der Waals surface area (Å²) in [5.41, 5.74) is 3.60. The van der Waals surface area contributed by atoms with Gasteiger partial charge in [0.2, 0.25) is 0 Å². The largest absolute Gasteiger partial charge is 0.389 e. The molecule has 0 aromatic heterocycles. The number of aliphatic hydroxyl groups excluding tert-OH is 1. The zero-order valence-electron chi connectivity index (χ0n) is 12.2. The molecule has 1 N–H and O–H groups in total. The van der Waals surface area contributed by atoms with Gasteiger partial charge in [-0.3, -0.25) is 0 Å². The van der Waals surface area contributed by atoms with Gasteiger partial charge in [0.25, 0.3) is 0 Å². The third-order valence-electron chi connectivity index (χ3n) is 4.26. The second-order valence-corrected chi connectivity index (χ2v) is 6.58. The predicted octanol–water partition coefficient (Wildman–Crippen LogP) is 4.50. The van der Waals surface area contributed by atoms with E-state index < -0.39 is 6.10 Å². The molecule has 0 radical (unpaired) electrons. The highest BCUT2D eigenvalue weighted by atomic mass is 79.9. The maximum Gasteiger partial charge on any atom is 0.0772 e. The molecule has 110 valence electrons. The van der Waals surface area contributed by atoms with Crippen molar-refractivity contribution in [3.8, 4) is 0 Å². The number of hydrogen-bond acceptors (Lipinski definition) is 2. The third-order valence-corrected chi connectivity index (χ3v) is 4.95. The summed E-state index contributed by atoms with van der Waals surface area (Å²) in [7, 11) is 0. The fraction of sp³-hybridized carbons (Fsp3) is 0.333. The SMILES string of the molecule is C[C@H](O)c1ccc(N2CCC(c3ccccc3)C2)cc1Br. The summed E-state index contributed by atoms with van der Waals surface area (Å²) in [5, 5.41) is 9.71. The molecule has 2 aromatic rings. The van der Waals surface area contributed by atoms with Crippen molar-refractivity contribution in [1.29, 1.82) is 0 Å². The highest BCUT2D eigenvalue weighted by Crippen LogP contribution is 2.33. The van der Waals surface area contributed by atoms with Crippen molar-refractivity contribution in [3.63, 3.8) is 0 Å². The second-order valence-electron chi connectivity index (χ2n) is 5.72. The van der Waals surface area contributed by atoms with Gasteiger partial charge in [-0.1, -0.05) is 52.3 Å². The van der Waals surface area contributed by atoms with E-state index >= 15 is 0 Å². The molecule has 1 fully saturated rings. The van der Waals surface area contributed by atoms with Crippen LogP contribution in [-0.4, -0.2) is 18.2 Å². The van der Waals surface area contributed by atoms with Gasteiger partial charge in [-0.2, -0.15) is 0 Å². The molecule has 2 nitrogen and oxygen atoms in total. The van der Waals surface area contributed by atoms with Gasteiger partial charge in [0.1, 0.15) is 0 Å². The van der Waals surface area contributed by atoms with Crippen LogP contribution in [0.3, 0.4) is 0 Å². The van der Waals surface area contributed by atoms with Crippen LogP contribution in [0.25, 0.3) is 0 Å². The first-order valence-electron chi connectivity index (χ1n) is 7.42. The van der Waals surface area contributed by atoms with E-state index in [9.17, 15) is 5.11 Å². The molecule has 1 unspecified atom stereocenters. The van der Waals surface area contributed by atoms with E-state index in [4.69, 9.17) is 0 Å². The number of anilines is 1. The molecule has 0 bridgehead atoms. The molecule has 21 heavy (non-hydrogen) atoms. The summed E-state index contributed by atoms with van der Waals surface area (Å²) in [6.45, 7) is 3.94. The van der Waals surface area contributed by atoms with Gasteiger partial charge in [0, 0.05) is 29.2 Å². The molecule has 1 heterocycles. The first-order valence-corrected chi connectivity index (χ1v) is 8.22. The smallest absolute Gasteiger partial charge is 0.0772 e. The standard InChI is InChI=1S/C18H20BrNO/c1-13(21)17-8-7-16(11-18(17)19)20-10-9-15(12-20)14-5-3-2-4-6-14/h2-8,11,13,15,21H,9-10,12H2,1H3/t13-,15?/m0/s1. The highest BCUT2D eigenvalue weighted by Gasteiger charge is 2.24. The number of halogens is 1. The van der Waals surface area contributed by atoms with Crippen molar-refractivity contribution in [2.45, 2.75) is 25.4 Å². The zero-order valence-corrected chi connectivity index (χ0v) is 13.8. The van der Waals surface area contributed by atoms with Crippen LogP contribution in [0.15, 0.2) is 53.0 Å². The Hall–Kier alpha value is -1.32. The quantitative estimate of drug-likeness (QED) is 0.885. The summed E-state index contributed by atoms with van der Waals surface area (Å²) < 4.78 is 0.984. The normalized spacial score (nSPS) is 19.8. The van der Waals surface area contributed by atoms with Gasteiger partial charge in [0.05, 0.1) is 6.10 Å². The molecule has 2 atom stereocenters.